The summed E-state index contributed by atoms with van der Waals surface area (Å²) in [5.74, 6) is 0.423. The van der Waals surface area contributed by atoms with Crippen LogP contribution in [0.2, 0.25) is 0 Å². The number of hydrogen-bond acceptors (Lipinski definition) is 12. The number of ether oxygens (including phenoxy) is 2. The van der Waals surface area contributed by atoms with E-state index in [2.05, 4.69) is 9.97 Å². The highest BCUT2D eigenvalue weighted by atomic mass is 32.2. The SMILES string of the molecule is C[C@@H]1COC[C@H]2COc3c(nc(-c4c([N+](=O)[O-])cnc5c4ccn5S(=O)(=O)c4ccccc4)nc3C3(S(C)(=O)=O)CC3)N21. The Kier molecular flexibility index (Phi) is 6.06. The second-order valence-corrected chi connectivity index (χ2v) is 15.2. The third-order valence-electron chi connectivity index (χ3n) is 8.28. The summed E-state index contributed by atoms with van der Waals surface area (Å²) in [4.78, 5) is 27.3. The van der Waals surface area contributed by atoms with E-state index in [1.807, 2.05) is 11.8 Å². The molecule has 1 aliphatic carbocycles. The lowest BCUT2D eigenvalue weighted by Crippen LogP contribution is -2.56. The molecule has 0 amide bonds. The third-order valence-corrected chi connectivity index (χ3v) is 12.0. The first-order chi connectivity index (χ1) is 20.4. The second kappa shape index (κ2) is 9.42. The molecular formula is C27H26N6O8S2. The van der Waals surface area contributed by atoms with E-state index in [1.165, 1.54) is 24.4 Å². The third kappa shape index (κ3) is 4.11. The largest absolute Gasteiger partial charge is 0.486 e. The Morgan fingerprint density at radius 1 is 1.05 bits per heavy atom. The second-order valence-electron chi connectivity index (χ2n) is 11.0. The van der Waals surface area contributed by atoms with Crippen LogP contribution in [0.4, 0.5) is 11.5 Å². The monoisotopic (exact) mass is 626 g/mol. The lowest BCUT2D eigenvalue weighted by atomic mass is 10.1. The Morgan fingerprint density at radius 2 is 1.79 bits per heavy atom. The topological polar surface area (TPSA) is 177 Å². The van der Waals surface area contributed by atoms with Crippen LogP contribution in [0.5, 0.6) is 5.75 Å². The maximum absolute atomic E-state index is 13.5. The van der Waals surface area contributed by atoms with Gasteiger partial charge in [-0.1, -0.05) is 18.2 Å². The summed E-state index contributed by atoms with van der Waals surface area (Å²) in [6.45, 7) is 2.91. The number of benzene rings is 1. The van der Waals surface area contributed by atoms with Crippen LogP contribution in [-0.2, 0) is 29.3 Å². The van der Waals surface area contributed by atoms with Gasteiger partial charge in [-0.05, 0) is 38.0 Å². The first-order valence-corrected chi connectivity index (χ1v) is 16.8. The van der Waals surface area contributed by atoms with Gasteiger partial charge in [0.1, 0.15) is 28.8 Å². The van der Waals surface area contributed by atoms with Crippen molar-refractivity contribution in [3.63, 3.8) is 0 Å². The van der Waals surface area contributed by atoms with Crippen molar-refractivity contribution >= 4 is 42.4 Å². The molecule has 4 aromatic rings. The zero-order valence-electron chi connectivity index (χ0n) is 23.1. The van der Waals surface area contributed by atoms with Crippen LogP contribution < -0.4 is 9.64 Å². The van der Waals surface area contributed by atoms with Gasteiger partial charge in [0.15, 0.2) is 32.9 Å². The van der Waals surface area contributed by atoms with E-state index < -0.39 is 35.2 Å². The van der Waals surface area contributed by atoms with Crippen molar-refractivity contribution in [3.05, 3.63) is 64.6 Å². The maximum Gasteiger partial charge on any atom is 0.299 e. The summed E-state index contributed by atoms with van der Waals surface area (Å²) in [5, 5.41) is 12.4. The van der Waals surface area contributed by atoms with Gasteiger partial charge in [-0.15, -0.1) is 0 Å². The first-order valence-electron chi connectivity index (χ1n) is 13.5. The number of hydrogen-bond donors (Lipinski definition) is 0. The van der Waals surface area contributed by atoms with Crippen LogP contribution in [0.3, 0.4) is 0 Å². The van der Waals surface area contributed by atoms with E-state index >= 15 is 0 Å². The molecule has 2 fully saturated rings. The Hall–Kier alpha value is -4.15. The van der Waals surface area contributed by atoms with Crippen molar-refractivity contribution < 1.29 is 31.2 Å². The fourth-order valence-electron chi connectivity index (χ4n) is 5.97. The molecule has 16 heteroatoms. The number of nitro groups is 1. The van der Waals surface area contributed by atoms with E-state index in [1.54, 1.807) is 18.2 Å². The lowest BCUT2D eigenvalue weighted by Gasteiger charge is -2.45. The molecule has 0 spiro atoms. The molecule has 2 aliphatic heterocycles. The van der Waals surface area contributed by atoms with Gasteiger partial charge in [0.2, 0.25) is 0 Å². The van der Waals surface area contributed by atoms with Gasteiger partial charge in [-0.25, -0.2) is 35.8 Å². The molecule has 224 valence electrons. The van der Waals surface area contributed by atoms with E-state index in [4.69, 9.17) is 14.5 Å². The maximum atomic E-state index is 13.5. The van der Waals surface area contributed by atoms with Crippen LogP contribution in [0.15, 0.2) is 53.7 Å². The van der Waals surface area contributed by atoms with Gasteiger partial charge in [0.05, 0.1) is 35.1 Å². The number of sulfone groups is 1. The zero-order valence-corrected chi connectivity index (χ0v) is 24.7. The minimum absolute atomic E-state index is 0.00911. The highest BCUT2D eigenvalue weighted by Gasteiger charge is 2.58. The van der Waals surface area contributed by atoms with Crippen molar-refractivity contribution in [2.45, 2.75) is 41.5 Å². The summed E-state index contributed by atoms with van der Waals surface area (Å²) < 4.78 is 64.7. The van der Waals surface area contributed by atoms with Crippen molar-refractivity contribution in [1.29, 1.82) is 0 Å². The number of fused-ring (bicyclic) bond motifs is 4. The smallest absolute Gasteiger partial charge is 0.299 e. The van der Waals surface area contributed by atoms with Crippen molar-refractivity contribution in [3.8, 4) is 17.1 Å². The molecule has 0 radical (unpaired) electrons. The van der Waals surface area contributed by atoms with Gasteiger partial charge in [0.25, 0.3) is 15.7 Å². The Balaban J connectivity index is 1.52. The molecule has 3 aromatic heterocycles. The quantitative estimate of drug-likeness (QED) is 0.226. The summed E-state index contributed by atoms with van der Waals surface area (Å²) in [5.41, 5.74) is -0.456. The zero-order chi connectivity index (χ0) is 30.3. The highest BCUT2D eigenvalue weighted by Crippen LogP contribution is 2.57. The fourth-order valence-corrected chi connectivity index (χ4v) is 8.63. The van der Waals surface area contributed by atoms with Crippen molar-refractivity contribution in [2.75, 3.05) is 31.0 Å². The predicted molar refractivity (Wildman–Crippen MR) is 154 cm³/mol. The van der Waals surface area contributed by atoms with Gasteiger partial charge in [0, 0.05) is 17.8 Å². The predicted octanol–water partition coefficient (Wildman–Crippen LogP) is 2.66. The highest BCUT2D eigenvalue weighted by molar-refractivity contribution is 7.92. The molecule has 43 heavy (non-hydrogen) atoms. The standard InChI is InChI=1S/C27H26N6O8S2/c1-16-13-40-14-17-15-41-22-23(27(9-10-27)42(2,36)37)29-24(30-26(22)32(16)17)21-19-8-11-31(25(19)28-12-20(21)33(34)35)43(38,39)18-6-4-3-5-7-18/h3-8,11-12,16-17H,9-10,13-15H2,1-2H3/t16-,17+/m1/s1. The van der Waals surface area contributed by atoms with Crippen LogP contribution in [0.25, 0.3) is 22.4 Å². The van der Waals surface area contributed by atoms with E-state index in [0.29, 0.717) is 31.9 Å². The van der Waals surface area contributed by atoms with Crippen molar-refractivity contribution in [1.82, 2.24) is 18.9 Å². The Morgan fingerprint density at radius 3 is 2.47 bits per heavy atom. The Labute approximate surface area is 246 Å². The molecule has 5 heterocycles. The van der Waals surface area contributed by atoms with E-state index in [0.717, 1.165) is 16.4 Å². The molecule has 0 bridgehead atoms. The first kappa shape index (κ1) is 27.7. The minimum atomic E-state index is -4.11. The van der Waals surface area contributed by atoms with E-state index in [-0.39, 0.29) is 57.5 Å². The summed E-state index contributed by atoms with van der Waals surface area (Å²) in [7, 11) is -7.79. The number of aromatic nitrogens is 4. The summed E-state index contributed by atoms with van der Waals surface area (Å²) >= 11 is 0. The normalized spacial score (nSPS) is 21.1. The van der Waals surface area contributed by atoms with Gasteiger partial charge < -0.3 is 14.4 Å². The van der Waals surface area contributed by atoms with Crippen LogP contribution in [0, 0.1) is 10.1 Å². The minimum Gasteiger partial charge on any atom is -0.486 e. The lowest BCUT2D eigenvalue weighted by molar-refractivity contribution is -0.384. The molecule has 2 atom stereocenters. The number of morpholine rings is 1. The molecular weight excluding hydrogens is 600 g/mol. The number of nitrogens with zero attached hydrogens (tertiary/aromatic N) is 6. The summed E-state index contributed by atoms with van der Waals surface area (Å²) in [6.07, 6.45) is 3.99. The van der Waals surface area contributed by atoms with Gasteiger partial charge in [-0.3, -0.25) is 10.1 Å². The summed E-state index contributed by atoms with van der Waals surface area (Å²) in [6, 6.07) is 8.77. The van der Waals surface area contributed by atoms with Gasteiger partial charge >= 0.3 is 0 Å². The van der Waals surface area contributed by atoms with Crippen molar-refractivity contribution in [2.24, 2.45) is 0 Å². The average Bonchev–Trinajstić information content (AvgIpc) is 3.69. The molecule has 7 rings (SSSR count). The number of rotatable bonds is 6. The molecule has 1 aromatic carbocycles. The molecule has 0 N–H and O–H groups in total. The average molecular weight is 627 g/mol. The molecule has 14 nitrogen and oxygen atoms in total. The molecule has 1 saturated heterocycles. The number of pyridine rings is 1. The van der Waals surface area contributed by atoms with Crippen LogP contribution >= 0.6 is 0 Å². The fraction of sp³-hybridized carbons (Fsp3) is 0.370. The molecule has 3 aliphatic rings. The van der Waals surface area contributed by atoms with E-state index in [9.17, 15) is 26.9 Å². The van der Waals surface area contributed by atoms with Crippen LogP contribution in [-0.4, -0.2) is 78.8 Å². The van der Waals surface area contributed by atoms with Gasteiger partial charge in [-0.2, -0.15) is 0 Å². The van der Waals surface area contributed by atoms with Crippen LogP contribution in [0.1, 0.15) is 25.5 Å². The molecule has 1 saturated carbocycles. The Bertz CT molecular complexity index is 2030. The number of anilines is 1. The molecule has 0 unspecified atom stereocenters.